The summed E-state index contributed by atoms with van der Waals surface area (Å²) in [5.74, 6) is 0.226. The van der Waals surface area contributed by atoms with Gasteiger partial charge in [-0.1, -0.05) is 71.2 Å². The van der Waals surface area contributed by atoms with E-state index in [-0.39, 0.29) is 5.78 Å². The Morgan fingerprint density at radius 3 is 2.33 bits per heavy atom. The van der Waals surface area contributed by atoms with Gasteiger partial charge in [0.2, 0.25) is 0 Å². The number of ether oxygens (including phenoxy) is 1. The summed E-state index contributed by atoms with van der Waals surface area (Å²) in [6.07, 6.45) is 3.10. The Kier molecular flexibility index (Phi) is 6.57. The maximum absolute atomic E-state index is 12.7. The average Bonchev–Trinajstić information content (AvgIpc) is 2.66. The molecule has 27 heavy (non-hydrogen) atoms. The van der Waals surface area contributed by atoms with E-state index in [1.165, 1.54) is 6.08 Å². The summed E-state index contributed by atoms with van der Waals surface area (Å²) >= 11 is 18.1. The third-order valence-corrected chi connectivity index (χ3v) is 4.62. The average molecular weight is 418 g/mol. The molecule has 0 unspecified atom stereocenters. The minimum absolute atomic E-state index is 0.208. The molecule has 0 fully saturated rings. The maximum Gasteiger partial charge on any atom is 0.189 e. The van der Waals surface area contributed by atoms with Crippen molar-refractivity contribution in [2.75, 3.05) is 0 Å². The van der Waals surface area contributed by atoms with Crippen molar-refractivity contribution >= 4 is 46.7 Å². The van der Waals surface area contributed by atoms with Crippen LogP contribution in [0.4, 0.5) is 0 Å². The quantitative estimate of drug-likeness (QED) is 0.315. The van der Waals surface area contributed by atoms with E-state index in [9.17, 15) is 4.79 Å². The molecule has 0 spiro atoms. The molecule has 0 saturated heterocycles. The zero-order chi connectivity index (χ0) is 19.2. The molecule has 0 atom stereocenters. The molecule has 0 radical (unpaired) electrons. The van der Waals surface area contributed by atoms with Gasteiger partial charge in [0.25, 0.3) is 0 Å². The summed E-state index contributed by atoms with van der Waals surface area (Å²) in [4.78, 5) is 12.7. The van der Waals surface area contributed by atoms with Gasteiger partial charge in [-0.3, -0.25) is 4.79 Å². The number of carbonyl (C=O) groups excluding carboxylic acids is 1. The predicted octanol–water partition coefficient (Wildman–Crippen LogP) is 7.12. The molecular weight excluding hydrogens is 403 g/mol. The zero-order valence-corrected chi connectivity index (χ0v) is 16.4. The lowest BCUT2D eigenvalue weighted by Crippen LogP contribution is -2.02. The fourth-order valence-electron chi connectivity index (χ4n) is 2.45. The van der Waals surface area contributed by atoms with E-state index < -0.39 is 0 Å². The first kappa shape index (κ1) is 19.5. The molecule has 0 N–H and O–H groups in total. The van der Waals surface area contributed by atoms with Crippen LogP contribution in [0.5, 0.6) is 5.75 Å². The molecule has 0 bridgehead atoms. The van der Waals surface area contributed by atoms with Gasteiger partial charge >= 0.3 is 0 Å². The van der Waals surface area contributed by atoms with Gasteiger partial charge in [0, 0.05) is 15.1 Å². The third kappa shape index (κ3) is 5.36. The summed E-state index contributed by atoms with van der Waals surface area (Å²) in [5.41, 5.74) is 2.13. The van der Waals surface area contributed by atoms with E-state index in [0.29, 0.717) is 38.6 Å². The fourth-order valence-corrected chi connectivity index (χ4v) is 3.08. The first-order valence-corrected chi connectivity index (χ1v) is 9.30. The Labute approximate surface area is 173 Å². The molecule has 0 aliphatic heterocycles. The lowest BCUT2D eigenvalue weighted by Gasteiger charge is -2.10. The van der Waals surface area contributed by atoms with Crippen molar-refractivity contribution in [2.24, 2.45) is 0 Å². The molecule has 136 valence electrons. The summed E-state index contributed by atoms with van der Waals surface area (Å²) in [6.45, 7) is 0.341. The number of hydrogen-bond acceptors (Lipinski definition) is 2. The number of ketones is 1. The molecule has 2 nitrogen and oxygen atoms in total. The van der Waals surface area contributed by atoms with Crippen LogP contribution in [0.1, 0.15) is 21.5 Å². The van der Waals surface area contributed by atoms with Gasteiger partial charge in [-0.15, -0.1) is 0 Å². The van der Waals surface area contributed by atoms with Gasteiger partial charge in [-0.05, 0) is 53.6 Å². The Hall–Kier alpha value is -2.26. The molecule has 3 aromatic rings. The first-order valence-electron chi connectivity index (χ1n) is 8.16. The van der Waals surface area contributed by atoms with Gasteiger partial charge < -0.3 is 4.74 Å². The SMILES string of the molecule is O=C(C=Cc1ccc(Cl)cc1Cl)c1ccc(Cl)cc1OCc1ccccc1. The van der Waals surface area contributed by atoms with Crippen molar-refractivity contribution in [1.82, 2.24) is 0 Å². The van der Waals surface area contributed by atoms with Gasteiger partial charge in [0.05, 0.1) is 5.56 Å². The smallest absolute Gasteiger partial charge is 0.189 e. The highest BCUT2D eigenvalue weighted by Gasteiger charge is 2.12. The monoisotopic (exact) mass is 416 g/mol. The van der Waals surface area contributed by atoms with Crippen LogP contribution in [0.2, 0.25) is 15.1 Å². The summed E-state index contributed by atoms with van der Waals surface area (Å²) < 4.78 is 5.83. The number of benzene rings is 3. The normalized spacial score (nSPS) is 10.9. The van der Waals surface area contributed by atoms with E-state index in [1.807, 2.05) is 30.3 Å². The molecular formula is C22H15Cl3O2. The van der Waals surface area contributed by atoms with Gasteiger partial charge in [-0.25, -0.2) is 0 Å². The van der Waals surface area contributed by atoms with E-state index in [1.54, 1.807) is 42.5 Å². The molecule has 0 amide bonds. The van der Waals surface area contributed by atoms with Crippen molar-refractivity contribution in [1.29, 1.82) is 0 Å². The Morgan fingerprint density at radius 1 is 0.889 bits per heavy atom. The molecule has 0 aliphatic rings. The number of hydrogen-bond donors (Lipinski definition) is 0. The Balaban J connectivity index is 1.80. The van der Waals surface area contributed by atoms with Crippen molar-refractivity contribution in [3.05, 3.63) is 105 Å². The number of rotatable bonds is 6. The molecule has 0 heterocycles. The maximum atomic E-state index is 12.7. The minimum Gasteiger partial charge on any atom is -0.488 e. The van der Waals surface area contributed by atoms with Crippen LogP contribution < -0.4 is 4.74 Å². The molecule has 0 aliphatic carbocycles. The second-order valence-corrected chi connectivity index (χ2v) is 7.06. The molecule has 3 rings (SSSR count). The number of carbonyl (C=O) groups is 1. The topological polar surface area (TPSA) is 26.3 Å². The van der Waals surface area contributed by atoms with E-state index in [4.69, 9.17) is 39.5 Å². The Bertz CT molecular complexity index is 982. The minimum atomic E-state index is -0.208. The summed E-state index contributed by atoms with van der Waals surface area (Å²) in [6, 6.07) is 19.8. The van der Waals surface area contributed by atoms with Crippen molar-refractivity contribution in [3.63, 3.8) is 0 Å². The van der Waals surface area contributed by atoms with Crippen molar-refractivity contribution in [2.45, 2.75) is 6.61 Å². The van der Waals surface area contributed by atoms with E-state index in [0.717, 1.165) is 5.56 Å². The standard InChI is InChI=1S/C22H15Cl3O2/c23-17-8-6-16(20(25)12-17)7-11-21(26)19-10-9-18(24)13-22(19)27-14-15-4-2-1-3-5-15/h1-13H,14H2. The van der Waals surface area contributed by atoms with Crippen LogP contribution >= 0.6 is 34.8 Å². The van der Waals surface area contributed by atoms with Crippen LogP contribution in [0.25, 0.3) is 6.08 Å². The zero-order valence-electron chi connectivity index (χ0n) is 14.2. The number of allylic oxidation sites excluding steroid dienone is 1. The van der Waals surface area contributed by atoms with Crippen LogP contribution in [0, 0.1) is 0 Å². The number of halogens is 3. The van der Waals surface area contributed by atoms with Crippen LogP contribution in [0.3, 0.4) is 0 Å². The van der Waals surface area contributed by atoms with Crippen LogP contribution in [0.15, 0.2) is 72.8 Å². The first-order chi connectivity index (χ1) is 13.0. The fraction of sp³-hybridized carbons (Fsp3) is 0.0455. The second kappa shape index (κ2) is 9.09. The second-order valence-electron chi connectivity index (χ2n) is 5.78. The molecule has 0 saturated carbocycles. The van der Waals surface area contributed by atoms with Gasteiger partial charge in [0.1, 0.15) is 12.4 Å². The van der Waals surface area contributed by atoms with E-state index >= 15 is 0 Å². The lowest BCUT2D eigenvalue weighted by molar-refractivity contribution is 0.104. The Morgan fingerprint density at radius 2 is 1.59 bits per heavy atom. The van der Waals surface area contributed by atoms with Crippen molar-refractivity contribution in [3.8, 4) is 5.75 Å². The van der Waals surface area contributed by atoms with Crippen molar-refractivity contribution < 1.29 is 9.53 Å². The highest BCUT2D eigenvalue weighted by molar-refractivity contribution is 6.35. The largest absolute Gasteiger partial charge is 0.488 e. The van der Waals surface area contributed by atoms with E-state index in [2.05, 4.69) is 0 Å². The molecule has 5 heteroatoms. The van der Waals surface area contributed by atoms with Gasteiger partial charge in [-0.2, -0.15) is 0 Å². The molecule has 0 aromatic heterocycles. The summed E-state index contributed by atoms with van der Waals surface area (Å²) in [5, 5.41) is 1.51. The highest BCUT2D eigenvalue weighted by atomic mass is 35.5. The highest BCUT2D eigenvalue weighted by Crippen LogP contribution is 2.26. The predicted molar refractivity (Wildman–Crippen MR) is 112 cm³/mol. The third-order valence-electron chi connectivity index (χ3n) is 3.82. The van der Waals surface area contributed by atoms with Crippen LogP contribution in [-0.4, -0.2) is 5.78 Å². The lowest BCUT2D eigenvalue weighted by atomic mass is 10.1. The van der Waals surface area contributed by atoms with Gasteiger partial charge in [0.15, 0.2) is 5.78 Å². The summed E-state index contributed by atoms with van der Waals surface area (Å²) in [7, 11) is 0. The molecule has 3 aromatic carbocycles. The van der Waals surface area contributed by atoms with Crippen LogP contribution in [-0.2, 0) is 6.61 Å².